The van der Waals surface area contributed by atoms with Crippen molar-refractivity contribution in [3.05, 3.63) is 0 Å². The Labute approximate surface area is 190 Å². The molecule has 1 N–H and O–H groups in total. The molecule has 1 aliphatic heterocycles. The Kier molecular flexibility index (Phi) is 9.62. The average molecular weight is 476 g/mol. The molecule has 0 spiro atoms. The molecule has 178 valence electrons. The van der Waals surface area contributed by atoms with Gasteiger partial charge in [-0.1, -0.05) is 55.4 Å². The fraction of sp³-hybridized carbons (Fsp3) is 0.955. The van der Waals surface area contributed by atoms with Crippen molar-refractivity contribution in [3.63, 3.8) is 0 Å². The number of carbonyl (C=O) groups excluding carboxylic acids is 1. The molecule has 1 rings (SSSR count). The first kappa shape index (κ1) is 28.0. The Balaban J connectivity index is 3.01. The van der Waals surface area contributed by atoms with Crippen LogP contribution in [0.15, 0.2) is 0 Å². The monoisotopic (exact) mass is 475 g/mol. The summed E-state index contributed by atoms with van der Waals surface area (Å²) in [5.74, 6) is 0.951. The molecule has 1 amide bonds. The largest absolute Gasteiger partial charge is 0.397 e. The molecule has 30 heavy (non-hydrogen) atoms. The summed E-state index contributed by atoms with van der Waals surface area (Å²) in [6.07, 6.45) is 0.0510. The van der Waals surface area contributed by atoms with Gasteiger partial charge in [-0.25, -0.2) is 0 Å². The minimum absolute atomic E-state index is 0.0605. The van der Waals surface area contributed by atoms with E-state index >= 15 is 0 Å². The normalized spacial score (nSPS) is 23.9. The highest BCUT2D eigenvalue weighted by molar-refractivity contribution is 6.69. The Hall–Kier alpha value is 0.000649. The van der Waals surface area contributed by atoms with Crippen LogP contribution in [0.25, 0.3) is 0 Å². The molecular weight excluding hydrogens is 427 g/mol. The zero-order valence-corrected chi connectivity index (χ0v) is 25.2. The summed E-state index contributed by atoms with van der Waals surface area (Å²) in [4.78, 5) is 12.4. The molecule has 0 saturated carbocycles. The van der Waals surface area contributed by atoms with Gasteiger partial charge < -0.3 is 18.6 Å². The maximum absolute atomic E-state index is 12.4. The van der Waals surface area contributed by atoms with Crippen molar-refractivity contribution < 1.29 is 18.1 Å². The number of amides is 1. The number of rotatable bonds is 12. The number of carbonyl (C=O) groups is 1. The minimum Gasteiger partial charge on any atom is -0.397 e. The molecule has 1 heterocycles. The highest BCUT2D eigenvalue weighted by Gasteiger charge is 2.45. The van der Waals surface area contributed by atoms with Gasteiger partial charge in [-0.05, 0) is 54.6 Å². The summed E-state index contributed by atoms with van der Waals surface area (Å²) in [6, 6.07) is 0. The van der Waals surface area contributed by atoms with Gasteiger partial charge in [0.1, 0.15) is 12.5 Å². The average Bonchev–Trinajstić information content (AvgIpc) is 2.57. The first-order valence-electron chi connectivity index (χ1n) is 11.7. The second-order valence-corrected chi connectivity index (χ2v) is 22.5. The molecule has 4 atom stereocenters. The zero-order valence-electron chi connectivity index (χ0n) is 21.9. The third-order valence-corrected chi connectivity index (χ3v) is 15.6. The molecule has 0 aromatic heterocycles. The quantitative estimate of drug-likeness (QED) is 0.238. The van der Waals surface area contributed by atoms with Crippen LogP contribution in [-0.2, 0) is 18.1 Å². The Morgan fingerprint density at radius 1 is 0.933 bits per heavy atom. The lowest BCUT2D eigenvalue weighted by Crippen LogP contribution is -2.63. The zero-order chi connectivity index (χ0) is 23.7. The molecule has 8 heteroatoms. The summed E-state index contributed by atoms with van der Waals surface area (Å²) in [6.45, 7) is 29.3. The van der Waals surface area contributed by atoms with Crippen LogP contribution in [0.4, 0.5) is 0 Å². The van der Waals surface area contributed by atoms with Crippen LogP contribution in [0.3, 0.4) is 0 Å². The summed E-state index contributed by atoms with van der Waals surface area (Å²) in [5, 5.41) is 3.24. The number of hydrogen-bond acceptors (Lipinski definition) is 4. The van der Waals surface area contributed by atoms with Gasteiger partial charge in [-0.3, -0.25) is 4.79 Å². The van der Waals surface area contributed by atoms with Crippen LogP contribution in [0.1, 0.15) is 61.8 Å². The van der Waals surface area contributed by atoms with Gasteiger partial charge in [-0.2, -0.15) is 0 Å². The molecule has 0 bridgehead atoms. The standard InChI is InChI=1S/C22H49NO4Si3/c1-15(2)21(5,6)28(9)25-18(26-29(10)22(7,8)16(3)4)14-17-19(24)23-20(17)27-30(11,12)13/h15-18,20,28-29H,14H2,1-13H3,(H,23,24). The first-order chi connectivity index (χ1) is 13.4. The van der Waals surface area contributed by atoms with E-state index in [1.807, 2.05) is 0 Å². The second-order valence-electron chi connectivity index (χ2n) is 11.9. The molecule has 1 fully saturated rings. The van der Waals surface area contributed by atoms with Crippen molar-refractivity contribution in [2.75, 3.05) is 0 Å². The van der Waals surface area contributed by atoms with Crippen LogP contribution in [-0.4, -0.2) is 44.8 Å². The highest BCUT2D eigenvalue weighted by atomic mass is 28.4. The van der Waals surface area contributed by atoms with Crippen molar-refractivity contribution in [3.8, 4) is 0 Å². The maximum atomic E-state index is 12.4. The van der Waals surface area contributed by atoms with Gasteiger partial charge in [-0.15, -0.1) is 0 Å². The fourth-order valence-corrected chi connectivity index (χ4v) is 8.16. The smallest absolute Gasteiger partial charge is 0.229 e. The van der Waals surface area contributed by atoms with E-state index in [-0.39, 0.29) is 34.4 Å². The molecule has 1 aliphatic rings. The molecule has 0 radical (unpaired) electrons. The molecule has 1 saturated heterocycles. The van der Waals surface area contributed by atoms with Crippen LogP contribution in [0.5, 0.6) is 0 Å². The third kappa shape index (κ3) is 7.27. The minimum atomic E-state index is -1.75. The van der Waals surface area contributed by atoms with Crippen LogP contribution < -0.4 is 5.32 Å². The lowest BCUT2D eigenvalue weighted by molar-refractivity contribution is -0.151. The van der Waals surface area contributed by atoms with E-state index in [1.165, 1.54) is 0 Å². The van der Waals surface area contributed by atoms with Gasteiger partial charge in [0.2, 0.25) is 5.91 Å². The first-order valence-corrected chi connectivity index (χ1v) is 19.5. The topological polar surface area (TPSA) is 56.8 Å². The van der Waals surface area contributed by atoms with Crippen molar-refractivity contribution >= 4 is 32.3 Å². The van der Waals surface area contributed by atoms with Crippen molar-refractivity contribution in [1.82, 2.24) is 5.32 Å². The van der Waals surface area contributed by atoms with Crippen LogP contribution in [0.2, 0.25) is 42.8 Å². The van der Waals surface area contributed by atoms with Gasteiger partial charge >= 0.3 is 0 Å². The SMILES string of the molecule is CC(C)C(C)(C)[SiH](C)OC(CC1C(=O)NC1O[Si](C)(C)C)O[SiH](C)C(C)(C)C(C)C. The molecule has 0 aromatic carbocycles. The fourth-order valence-electron chi connectivity index (χ4n) is 3.21. The highest BCUT2D eigenvalue weighted by Crippen LogP contribution is 2.41. The Morgan fingerprint density at radius 3 is 1.63 bits per heavy atom. The lowest BCUT2D eigenvalue weighted by Gasteiger charge is -2.44. The van der Waals surface area contributed by atoms with E-state index in [9.17, 15) is 4.79 Å². The molecule has 5 nitrogen and oxygen atoms in total. The summed E-state index contributed by atoms with van der Waals surface area (Å²) >= 11 is 0. The van der Waals surface area contributed by atoms with Gasteiger partial charge in [0.15, 0.2) is 26.4 Å². The summed E-state index contributed by atoms with van der Waals surface area (Å²) < 4.78 is 19.6. The van der Waals surface area contributed by atoms with Crippen LogP contribution in [0, 0.1) is 17.8 Å². The van der Waals surface area contributed by atoms with E-state index in [1.54, 1.807) is 0 Å². The predicted molar refractivity (Wildman–Crippen MR) is 134 cm³/mol. The molecule has 0 aliphatic carbocycles. The van der Waals surface area contributed by atoms with Crippen LogP contribution >= 0.6 is 0 Å². The Morgan fingerprint density at radius 2 is 1.33 bits per heavy atom. The lowest BCUT2D eigenvalue weighted by atomic mass is 9.95. The maximum Gasteiger partial charge on any atom is 0.229 e. The number of hydrogen-bond donors (Lipinski definition) is 1. The predicted octanol–water partition coefficient (Wildman–Crippen LogP) is 5.24. The molecule has 0 aromatic rings. The van der Waals surface area contributed by atoms with E-state index in [4.69, 9.17) is 13.3 Å². The number of β-lactam (4-membered cyclic amide) rings is 1. The van der Waals surface area contributed by atoms with Crippen molar-refractivity contribution in [2.45, 2.75) is 117 Å². The van der Waals surface area contributed by atoms with E-state index in [0.29, 0.717) is 18.3 Å². The van der Waals surface area contributed by atoms with Crippen molar-refractivity contribution in [2.24, 2.45) is 17.8 Å². The van der Waals surface area contributed by atoms with Crippen molar-refractivity contribution in [1.29, 1.82) is 0 Å². The second kappa shape index (κ2) is 10.3. The summed E-state index contributed by atoms with van der Waals surface area (Å²) in [5.41, 5.74) is 0. The number of nitrogens with one attached hydrogen (secondary N) is 1. The van der Waals surface area contributed by atoms with E-state index < -0.39 is 26.4 Å². The van der Waals surface area contributed by atoms with Gasteiger partial charge in [0.25, 0.3) is 0 Å². The third-order valence-electron chi connectivity index (χ3n) is 7.70. The van der Waals surface area contributed by atoms with Gasteiger partial charge in [0, 0.05) is 6.42 Å². The molecule has 4 unspecified atom stereocenters. The summed E-state index contributed by atoms with van der Waals surface area (Å²) in [7, 11) is -4.87. The van der Waals surface area contributed by atoms with E-state index in [2.05, 4.69) is 93.4 Å². The van der Waals surface area contributed by atoms with Gasteiger partial charge in [0.05, 0.1) is 5.92 Å². The molecular formula is C22H49NO4Si3. The van der Waals surface area contributed by atoms with E-state index in [0.717, 1.165) is 0 Å². The Bertz CT molecular complexity index is 547.